The molecule has 5 atom stereocenters. The summed E-state index contributed by atoms with van der Waals surface area (Å²) in [7, 11) is 3.67. The fourth-order valence-electron chi connectivity index (χ4n) is 8.73. The number of hydrogen-bond donors (Lipinski definition) is 2. The third kappa shape index (κ3) is 9.91. The summed E-state index contributed by atoms with van der Waals surface area (Å²) in [6.07, 6.45) is 16.0. The number of likely N-dealkylation sites (N-methyl/N-ethyl adjacent to an activating group) is 1. The molecule has 5 rings (SSSR count). The van der Waals surface area contributed by atoms with Crippen molar-refractivity contribution in [3.8, 4) is 11.5 Å². The van der Waals surface area contributed by atoms with Crippen LogP contribution in [0.2, 0.25) is 0 Å². The van der Waals surface area contributed by atoms with E-state index in [1.165, 1.54) is 77.0 Å². The average molecular weight is 768 g/mol. The predicted molar refractivity (Wildman–Crippen MR) is 196 cm³/mol. The normalized spacial score (nSPS) is 24.3. The van der Waals surface area contributed by atoms with E-state index in [0.29, 0.717) is 42.9 Å². The maximum Gasteiger partial charge on any atom is 0.490 e. The average Bonchev–Trinajstić information content (AvgIpc) is 3.48. The van der Waals surface area contributed by atoms with Gasteiger partial charge in [-0.2, -0.15) is 13.2 Å². The van der Waals surface area contributed by atoms with Crippen molar-refractivity contribution in [2.24, 2.45) is 0 Å². The van der Waals surface area contributed by atoms with Gasteiger partial charge in [0.05, 0.1) is 18.1 Å². The molecule has 0 unspecified atom stereocenters. The number of alkyl halides is 3. The van der Waals surface area contributed by atoms with Gasteiger partial charge in [-0.3, -0.25) is 4.79 Å². The number of unbranched alkanes of at least 4 members (excludes halogenated alkanes) is 14. The van der Waals surface area contributed by atoms with Crippen molar-refractivity contribution in [2.75, 3.05) is 20.7 Å². The number of esters is 2. The number of halogens is 3. The lowest BCUT2D eigenvalue weighted by Crippen LogP contribution is -2.74. The summed E-state index contributed by atoms with van der Waals surface area (Å²) in [5.41, 5.74) is 0.298. The Kier molecular flexibility index (Phi) is 15.7. The minimum absolute atomic E-state index is 0.0812. The summed E-state index contributed by atoms with van der Waals surface area (Å²) in [4.78, 5) is 36.9. The number of nitrogens with zero attached hydrogens (tertiary/aromatic N) is 1. The number of likely N-dealkylation sites (tertiary alicyclic amines) is 1. The van der Waals surface area contributed by atoms with Gasteiger partial charge >= 0.3 is 24.1 Å². The zero-order valence-electron chi connectivity index (χ0n) is 32.4. The molecule has 1 spiro atoms. The number of benzene rings is 1. The molecule has 1 aromatic rings. The third-order valence-corrected chi connectivity index (χ3v) is 11.6. The van der Waals surface area contributed by atoms with Crippen molar-refractivity contribution in [3.05, 3.63) is 35.1 Å². The van der Waals surface area contributed by atoms with Crippen LogP contribution in [-0.2, 0) is 35.7 Å². The lowest BCUT2D eigenvalue weighted by molar-refractivity contribution is -0.192. The van der Waals surface area contributed by atoms with Crippen molar-refractivity contribution in [1.82, 2.24) is 4.90 Å². The summed E-state index contributed by atoms with van der Waals surface area (Å²) >= 11 is 0. The highest BCUT2D eigenvalue weighted by Gasteiger charge is 2.72. The first-order valence-corrected chi connectivity index (χ1v) is 19.9. The molecule has 0 radical (unpaired) electrons. The van der Waals surface area contributed by atoms with Crippen LogP contribution in [0, 0.1) is 0 Å². The van der Waals surface area contributed by atoms with Crippen LogP contribution in [0.1, 0.15) is 141 Å². The summed E-state index contributed by atoms with van der Waals surface area (Å²) < 4.78 is 55.4. The second-order valence-electron chi connectivity index (χ2n) is 15.3. The summed E-state index contributed by atoms with van der Waals surface area (Å²) in [6, 6.07) is 3.90. The molecule has 4 aliphatic rings. The fourth-order valence-corrected chi connectivity index (χ4v) is 8.73. The number of methoxy groups -OCH3 is 1. The Bertz CT molecular complexity index is 1470. The van der Waals surface area contributed by atoms with E-state index in [-0.39, 0.29) is 12.0 Å². The van der Waals surface area contributed by atoms with Gasteiger partial charge in [-0.15, -0.1) is 0 Å². The van der Waals surface area contributed by atoms with E-state index >= 15 is 0 Å². The molecule has 1 saturated heterocycles. The Hall–Kier alpha value is -3.32. The first kappa shape index (κ1) is 43.4. The molecule has 1 fully saturated rings. The maximum absolute atomic E-state index is 13.2. The lowest BCUT2D eigenvalue weighted by atomic mass is 9.50. The molecule has 2 bridgehead atoms. The first-order chi connectivity index (χ1) is 25.7. The van der Waals surface area contributed by atoms with Crippen molar-refractivity contribution < 1.29 is 56.7 Å². The molecule has 2 aliphatic heterocycles. The molecule has 2 N–H and O–H groups in total. The van der Waals surface area contributed by atoms with Crippen molar-refractivity contribution >= 4 is 17.9 Å². The number of hydrogen-bond acceptors (Lipinski definition) is 9. The zero-order chi connectivity index (χ0) is 39.5. The van der Waals surface area contributed by atoms with E-state index in [1.807, 2.05) is 6.07 Å². The topological polar surface area (TPSA) is 132 Å². The van der Waals surface area contributed by atoms with E-state index in [4.69, 9.17) is 28.8 Å². The largest absolute Gasteiger partial charge is 0.493 e. The Balaban J connectivity index is 0.000000845. The number of carbonyl (C=O) groups excluding carboxylic acids is 2. The van der Waals surface area contributed by atoms with E-state index < -0.39 is 41.3 Å². The lowest BCUT2D eigenvalue weighted by Gasteiger charge is -2.61. The maximum atomic E-state index is 13.2. The number of ether oxygens (including phenoxy) is 4. The SMILES string of the molecule is CCCCCCCCCCCCCCCCCC(=O)O[C@@H](C)C(=O)OC1=CC[C@@]2(O)[C@H]3Cc4ccc(OC)c5c4[C@@]2(CCN3C)[C@H]1O5.O=C(O)C(F)(F)F. The van der Waals surface area contributed by atoms with Crippen LogP contribution in [0.5, 0.6) is 11.5 Å². The second kappa shape index (κ2) is 19.5. The van der Waals surface area contributed by atoms with Gasteiger partial charge in [-0.25, -0.2) is 9.59 Å². The van der Waals surface area contributed by atoms with E-state index in [9.17, 15) is 27.9 Å². The standard InChI is InChI=1S/C39H59NO7.C2HF3O2/c1-5-6-7-8-9-10-11-12-13-14-15-16-17-18-19-20-33(41)45-28(2)37(42)46-31-23-24-39(43)32-27-29-21-22-30(44-4)35-34(29)38(39,36(31)47-35)25-26-40(32)3;3-2(4,5)1(6)7/h21-23,28,32,36,43H,5-20,24-27H2,1-4H3;(H,6,7)/t28-,32+,36-,38-,39+;/m0./s1. The van der Waals surface area contributed by atoms with E-state index in [2.05, 4.69) is 24.9 Å². The molecule has 54 heavy (non-hydrogen) atoms. The molecule has 0 saturated carbocycles. The van der Waals surface area contributed by atoms with Crippen LogP contribution >= 0.6 is 0 Å². The highest BCUT2D eigenvalue weighted by Crippen LogP contribution is 2.65. The molecule has 2 heterocycles. The molecule has 304 valence electrons. The molecule has 0 amide bonds. The van der Waals surface area contributed by atoms with Crippen LogP contribution in [-0.4, -0.2) is 83.8 Å². The first-order valence-electron chi connectivity index (χ1n) is 19.9. The quantitative estimate of drug-likeness (QED) is 0.0986. The van der Waals surface area contributed by atoms with Crippen molar-refractivity contribution in [2.45, 2.75) is 171 Å². The van der Waals surface area contributed by atoms with Crippen LogP contribution in [0.4, 0.5) is 13.2 Å². The predicted octanol–water partition coefficient (Wildman–Crippen LogP) is 8.34. The third-order valence-electron chi connectivity index (χ3n) is 11.6. The summed E-state index contributed by atoms with van der Waals surface area (Å²) in [6.45, 7) is 4.61. The Morgan fingerprint density at radius 3 is 2.06 bits per heavy atom. The number of carboxylic acid groups (broad SMARTS) is 1. The van der Waals surface area contributed by atoms with Crippen molar-refractivity contribution in [1.29, 1.82) is 0 Å². The highest BCUT2D eigenvalue weighted by atomic mass is 19.4. The summed E-state index contributed by atoms with van der Waals surface area (Å²) in [5.74, 6) is -2.15. The smallest absolute Gasteiger partial charge is 0.490 e. The number of aliphatic hydroxyl groups is 1. The molecule has 0 aromatic heterocycles. The van der Waals surface area contributed by atoms with Gasteiger partial charge in [0.25, 0.3) is 0 Å². The van der Waals surface area contributed by atoms with Crippen LogP contribution in [0.25, 0.3) is 0 Å². The van der Waals surface area contributed by atoms with Gasteiger partial charge in [-0.1, -0.05) is 103 Å². The van der Waals surface area contributed by atoms with Crippen molar-refractivity contribution in [3.63, 3.8) is 0 Å². The van der Waals surface area contributed by atoms with E-state index in [1.54, 1.807) is 20.1 Å². The number of carboxylic acids is 1. The van der Waals surface area contributed by atoms with Crippen LogP contribution < -0.4 is 9.47 Å². The van der Waals surface area contributed by atoms with Gasteiger partial charge in [0.2, 0.25) is 0 Å². The van der Waals surface area contributed by atoms with E-state index in [0.717, 1.165) is 36.9 Å². The molecule has 13 heteroatoms. The molecular weight excluding hydrogens is 707 g/mol. The zero-order valence-corrected chi connectivity index (χ0v) is 32.4. The number of carbonyl (C=O) groups is 3. The number of piperidine rings is 1. The van der Waals surface area contributed by atoms with Crippen LogP contribution in [0.3, 0.4) is 0 Å². The second-order valence-corrected chi connectivity index (χ2v) is 15.3. The molecular formula is C41H60F3NO9. The van der Waals surface area contributed by atoms with Gasteiger partial charge in [-0.05, 0) is 57.5 Å². The number of aliphatic carboxylic acids is 1. The van der Waals surface area contributed by atoms with Gasteiger partial charge in [0.1, 0.15) is 5.76 Å². The molecule has 10 nitrogen and oxygen atoms in total. The van der Waals surface area contributed by atoms with Gasteiger partial charge in [0, 0.05) is 24.4 Å². The minimum Gasteiger partial charge on any atom is -0.493 e. The molecule has 1 aromatic carbocycles. The van der Waals surface area contributed by atoms with Gasteiger partial charge < -0.3 is 34.1 Å². The van der Waals surface area contributed by atoms with Gasteiger partial charge in [0.15, 0.2) is 23.7 Å². The number of rotatable bonds is 20. The molecule has 2 aliphatic carbocycles. The fraction of sp³-hybridized carbons (Fsp3) is 0.732. The summed E-state index contributed by atoms with van der Waals surface area (Å²) in [5, 5.41) is 19.5. The van der Waals surface area contributed by atoms with Crippen LogP contribution in [0.15, 0.2) is 24.0 Å². The highest BCUT2D eigenvalue weighted by molar-refractivity contribution is 5.80. The monoisotopic (exact) mass is 767 g/mol. The minimum atomic E-state index is -5.08. The Labute approximate surface area is 317 Å². The Morgan fingerprint density at radius 2 is 1.52 bits per heavy atom. The Morgan fingerprint density at radius 1 is 0.963 bits per heavy atom.